The molecule has 1 aromatic carbocycles. The fourth-order valence-electron chi connectivity index (χ4n) is 2.59. The molecule has 0 bridgehead atoms. The van der Waals surface area contributed by atoms with E-state index < -0.39 is 10.1 Å². The van der Waals surface area contributed by atoms with E-state index in [0.717, 1.165) is 31.6 Å². The maximum absolute atomic E-state index is 12.0. The van der Waals surface area contributed by atoms with Crippen LogP contribution in [0, 0.1) is 6.92 Å². The molecular formula is C16H25NO3S. The molecule has 0 N–H and O–H groups in total. The van der Waals surface area contributed by atoms with Gasteiger partial charge in [-0.1, -0.05) is 30.5 Å². The van der Waals surface area contributed by atoms with Crippen molar-refractivity contribution in [1.82, 2.24) is 4.90 Å². The van der Waals surface area contributed by atoms with Crippen LogP contribution in [0.5, 0.6) is 0 Å². The molecule has 0 unspecified atom stereocenters. The molecule has 1 aliphatic rings. The van der Waals surface area contributed by atoms with Crippen LogP contribution in [0.15, 0.2) is 29.2 Å². The first-order chi connectivity index (χ1) is 10.1. The summed E-state index contributed by atoms with van der Waals surface area (Å²) in [7, 11) is -3.61. The van der Waals surface area contributed by atoms with Gasteiger partial charge in [-0.25, -0.2) is 0 Å². The van der Waals surface area contributed by atoms with Crippen molar-refractivity contribution in [3.05, 3.63) is 29.8 Å². The quantitative estimate of drug-likeness (QED) is 0.598. The summed E-state index contributed by atoms with van der Waals surface area (Å²) in [5.74, 6) is 0. The second kappa shape index (κ2) is 7.92. The highest BCUT2D eigenvalue weighted by atomic mass is 32.2. The average Bonchev–Trinajstić information content (AvgIpc) is 2.73. The topological polar surface area (TPSA) is 46.6 Å². The third-order valence-corrected chi connectivity index (χ3v) is 5.19. The molecule has 0 aromatic heterocycles. The minimum Gasteiger partial charge on any atom is -0.303 e. The highest BCUT2D eigenvalue weighted by molar-refractivity contribution is 7.86. The third-order valence-electron chi connectivity index (χ3n) is 3.87. The van der Waals surface area contributed by atoms with Gasteiger partial charge in [0.15, 0.2) is 0 Å². The first-order valence-electron chi connectivity index (χ1n) is 7.76. The molecule has 1 heterocycles. The summed E-state index contributed by atoms with van der Waals surface area (Å²) in [5.41, 5.74) is 1.04. The summed E-state index contributed by atoms with van der Waals surface area (Å²) < 4.78 is 29.2. The van der Waals surface area contributed by atoms with Crippen molar-refractivity contribution >= 4 is 10.1 Å². The maximum atomic E-state index is 12.0. The van der Waals surface area contributed by atoms with E-state index in [2.05, 4.69) is 4.90 Å². The van der Waals surface area contributed by atoms with Crippen LogP contribution < -0.4 is 0 Å². The van der Waals surface area contributed by atoms with Crippen LogP contribution in [0.25, 0.3) is 0 Å². The van der Waals surface area contributed by atoms with Gasteiger partial charge in [0, 0.05) is 6.54 Å². The Morgan fingerprint density at radius 1 is 1.05 bits per heavy atom. The molecule has 2 rings (SSSR count). The molecule has 1 fully saturated rings. The summed E-state index contributed by atoms with van der Waals surface area (Å²) in [6.45, 7) is 5.37. The summed E-state index contributed by atoms with van der Waals surface area (Å²) in [4.78, 5) is 2.65. The van der Waals surface area contributed by atoms with Gasteiger partial charge in [-0.2, -0.15) is 8.42 Å². The molecule has 1 aromatic rings. The van der Waals surface area contributed by atoms with Crippen molar-refractivity contribution in [3.63, 3.8) is 0 Å². The number of hydrogen-bond donors (Lipinski definition) is 0. The smallest absolute Gasteiger partial charge is 0.296 e. The number of nitrogens with zero attached hydrogens (tertiary/aromatic N) is 1. The monoisotopic (exact) mass is 311 g/mol. The lowest BCUT2D eigenvalue weighted by Crippen LogP contribution is -2.26. The molecule has 0 spiro atoms. The Bertz CT molecular complexity index is 517. The van der Waals surface area contributed by atoms with Crippen molar-refractivity contribution in [2.24, 2.45) is 0 Å². The first kappa shape index (κ1) is 16.5. The van der Waals surface area contributed by atoms with Crippen molar-refractivity contribution in [1.29, 1.82) is 0 Å². The minimum absolute atomic E-state index is 0.239. The van der Waals surface area contributed by atoms with Gasteiger partial charge >= 0.3 is 0 Å². The van der Waals surface area contributed by atoms with Gasteiger partial charge in [0.2, 0.25) is 0 Å². The van der Waals surface area contributed by atoms with E-state index in [1.807, 2.05) is 6.92 Å². The molecule has 1 saturated heterocycles. The van der Waals surface area contributed by atoms with Gasteiger partial charge in [-0.3, -0.25) is 4.18 Å². The van der Waals surface area contributed by atoms with E-state index >= 15 is 0 Å². The normalized spacial score (nSPS) is 17.6. The van der Waals surface area contributed by atoms with Crippen LogP contribution in [0.1, 0.15) is 37.7 Å². The lowest BCUT2D eigenvalue weighted by Gasteiger charge is -2.19. The highest BCUT2D eigenvalue weighted by Crippen LogP contribution is 2.14. The fraction of sp³-hybridized carbons (Fsp3) is 0.625. The zero-order chi connectivity index (χ0) is 15.1. The van der Waals surface area contributed by atoms with Crippen molar-refractivity contribution in [2.75, 3.05) is 26.2 Å². The molecule has 4 nitrogen and oxygen atoms in total. The van der Waals surface area contributed by atoms with Crippen LogP contribution >= 0.6 is 0 Å². The first-order valence-corrected chi connectivity index (χ1v) is 9.17. The standard InChI is InChI=1S/C16H25NO3S/c1-15-7-9-16(10-8-15)21(18,19)20-14-6-13-17-11-4-2-3-5-12-17/h7-10H,2-6,11-14H2,1H3. The molecule has 21 heavy (non-hydrogen) atoms. The molecular weight excluding hydrogens is 286 g/mol. The van der Waals surface area contributed by atoms with Gasteiger partial charge in [0.25, 0.3) is 10.1 Å². The Balaban J connectivity index is 1.75. The molecule has 0 saturated carbocycles. The second-order valence-corrected chi connectivity index (χ2v) is 7.31. The van der Waals surface area contributed by atoms with Crippen molar-refractivity contribution < 1.29 is 12.6 Å². The van der Waals surface area contributed by atoms with E-state index in [9.17, 15) is 8.42 Å². The largest absolute Gasteiger partial charge is 0.303 e. The molecule has 0 radical (unpaired) electrons. The SMILES string of the molecule is Cc1ccc(S(=O)(=O)OCCCN2CCCCCC2)cc1. The number of likely N-dealkylation sites (tertiary alicyclic amines) is 1. The zero-order valence-electron chi connectivity index (χ0n) is 12.8. The van der Waals surface area contributed by atoms with Crippen LogP contribution in [-0.4, -0.2) is 39.6 Å². The van der Waals surface area contributed by atoms with Gasteiger partial charge in [-0.15, -0.1) is 0 Å². The molecule has 0 atom stereocenters. The second-order valence-electron chi connectivity index (χ2n) is 5.70. The van der Waals surface area contributed by atoms with Gasteiger partial charge in [0.05, 0.1) is 11.5 Å². The molecule has 118 valence electrons. The average molecular weight is 311 g/mol. The lowest BCUT2D eigenvalue weighted by molar-refractivity contribution is 0.242. The summed E-state index contributed by atoms with van der Waals surface area (Å²) in [5, 5.41) is 0. The Hall–Kier alpha value is -0.910. The van der Waals surface area contributed by atoms with Crippen LogP contribution in [0.4, 0.5) is 0 Å². The predicted octanol–water partition coefficient (Wildman–Crippen LogP) is 2.97. The maximum Gasteiger partial charge on any atom is 0.296 e. The number of rotatable bonds is 6. The molecule has 5 heteroatoms. The summed E-state index contributed by atoms with van der Waals surface area (Å²) >= 11 is 0. The predicted molar refractivity (Wildman–Crippen MR) is 83.8 cm³/mol. The van der Waals surface area contributed by atoms with Gasteiger partial charge < -0.3 is 4.90 Å². The van der Waals surface area contributed by atoms with Crippen LogP contribution in [0.2, 0.25) is 0 Å². The lowest BCUT2D eigenvalue weighted by atomic mass is 10.2. The third kappa shape index (κ3) is 5.41. The minimum atomic E-state index is -3.61. The van der Waals surface area contributed by atoms with Crippen molar-refractivity contribution in [2.45, 2.75) is 43.9 Å². The molecule has 0 aliphatic carbocycles. The summed E-state index contributed by atoms with van der Waals surface area (Å²) in [6.07, 6.45) is 5.89. The highest BCUT2D eigenvalue weighted by Gasteiger charge is 2.15. The molecule has 0 amide bonds. The zero-order valence-corrected chi connectivity index (χ0v) is 13.6. The Morgan fingerprint density at radius 2 is 1.67 bits per heavy atom. The van der Waals surface area contributed by atoms with Crippen LogP contribution in [-0.2, 0) is 14.3 Å². The number of hydrogen-bond acceptors (Lipinski definition) is 4. The van der Waals surface area contributed by atoms with E-state index in [1.54, 1.807) is 24.3 Å². The van der Waals surface area contributed by atoms with Gasteiger partial charge in [0.1, 0.15) is 0 Å². The Morgan fingerprint density at radius 3 is 2.29 bits per heavy atom. The molecule has 1 aliphatic heterocycles. The van der Waals surface area contributed by atoms with E-state index in [4.69, 9.17) is 4.18 Å². The van der Waals surface area contributed by atoms with E-state index in [1.165, 1.54) is 25.7 Å². The Kier molecular flexibility index (Phi) is 6.21. The van der Waals surface area contributed by atoms with Gasteiger partial charge in [-0.05, 0) is 51.4 Å². The fourth-order valence-corrected chi connectivity index (χ4v) is 3.53. The van der Waals surface area contributed by atoms with Crippen LogP contribution in [0.3, 0.4) is 0 Å². The van der Waals surface area contributed by atoms with Crippen molar-refractivity contribution in [3.8, 4) is 0 Å². The van der Waals surface area contributed by atoms with E-state index in [0.29, 0.717) is 0 Å². The van der Waals surface area contributed by atoms with E-state index in [-0.39, 0.29) is 11.5 Å². The Labute approximate surface area is 128 Å². The number of benzene rings is 1. The number of aryl methyl sites for hydroxylation is 1. The summed E-state index contributed by atoms with van der Waals surface area (Å²) in [6, 6.07) is 6.76.